The number of nitro benzene ring substituents is 1. The van der Waals surface area contributed by atoms with Gasteiger partial charge in [-0.1, -0.05) is 6.07 Å². The number of nitrogens with two attached hydrogens (primary N) is 1. The van der Waals surface area contributed by atoms with Gasteiger partial charge >= 0.3 is 0 Å². The highest BCUT2D eigenvalue weighted by Gasteiger charge is 2.21. The molecule has 1 aromatic carbocycles. The molecule has 2 rings (SSSR count). The molecule has 0 aliphatic heterocycles. The number of nitrogens with zero attached hydrogens (tertiary/aromatic N) is 3. The molecule has 0 aliphatic rings. The zero-order valence-corrected chi connectivity index (χ0v) is 10.8. The first kappa shape index (κ1) is 14.6. The van der Waals surface area contributed by atoms with Crippen molar-refractivity contribution in [1.29, 1.82) is 0 Å². The van der Waals surface area contributed by atoms with Crippen LogP contribution in [-0.4, -0.2) is 26.9 Å². The van der Waals surface area contributed by atoms with Crippen LogP contribution in [0.4, 0.5) is 15.8 Å². The van der Waals surface area contributed by atoms with E-state index in [1.807, 2.05) is 0 Å². The van der Waals surface area contributed by atoms with Gasteiger partial charge in [0, 0.05) is 25.4 Å². The highest BCUT2D eigenvalue weighted by molar-refractivity contribution is 6.04. The normalized spacial score (nSPS) is 10.4. The molecule has 110 valence electrons. The molecule has 9 heteroatoms. The number of amides is 1. The van der Waals surface area contributed by atoms with Crippen LogP contribution in [0.3, 0.4) is 0 Å². The van der Waals surface area contributed by atoms with Gasteiger partial charge in [0.05, 0.1) is 11.3 Å². The van der Waals surface area contributed by atoms with Crippen molar-refractivity contribution in [2.24, 2.45) is 5.73 Å². The molecule has 0 fully saturated rings. The van der Waals surface area contributed by atoms with E-state index in [2.05, 4.69) is 10.3 Å². The third-order valence-corrected chi connectivity index (χ3v) is 2.68. The standard InChI is InChI=1S/C12H12FN5O3/c13-8-2-1-3-10(18(20)21)11(8)16-12(19)9-6-17(5-4-14)7-15-9/h1-3,6-7H,4-5,14H2,(H,16,19). The summed E-state index contributed by atoms with van der Waals surface area (Å²) in [5.74, 6) is -1.63. The molecule has 0 saturated carbocycles. The zero-order chi connectivity index (χ0) is 15.4. The van der Waals surface area contributed by atoms with Crippen LogP contribution in [0.1, 0.15) is 10.5 Å². The summed E-state index contributed by atoms with van der Waals surface area (Å²) in [5, 5.41) is 13.0. The minimum Gasteiger partial charge on any atom is -0.335 e. The Labute approximate surface area is 118 Å². The van der Waals surface area contributed by atoms with Crippen molar-refractivity contribution in [3.63, 3.8) is 0 Å². The third-order valence-electron chi connectivity index (χ3n) is 2.68. The predicted molar refractivity (Wildman–Crippen MR) is 72.3 cm³/mol. The number of nitrogens with one attached hydrogen (secondary N) is 1. The predicted octanol–water partition coefficient (Wildman–Crippen LogP) is 1.14. The Balaban J connectivity index is 2.25. The van der Waals surface area contributed by atoms with Crippen LogP contribution in [0, 0.1) is 15.9 Å². The van der Waals surface area contributed by atoms with Crippen LogP contribution in [0.2, 0.25) is 0 Å². The smallest absolute Gasteiger partial charge is 0.295 e. The maximum Gasteiger partial charge on any atom is 0.295 e. The highest BCUT2D eigenvalue weighted by atomic mass is 19.1. The summed E-state index contributed by atoms with van der Waals surface area (Å²) >= 11 is 0. The maximum atomic E-state index is 13.7. The summed E-state index contributed by atoms with van der Waals surface area (Å²) in [5.41, 5.74) is 4.37. The van der Waals surface area contributed by atoms with Crippen LogP contribution in [0.15, 0.2) is 30.7 Å². The fourth-order valence-electron chi connectivity index (χ4n) is 1.71. The molecule has 3 N–H and O–H groups in total. The molecular formula is C12H12FN5O3. The Morgan fingerprint density at radius 1 is 1.52 bits per heavy atom. The fraction of sp³-hybridized carbons (Fsp3) is 0.167. The van der Waals surface area contributed by atoms with E-state index in [4.69, 9.17) is 5.73 Å². The fourth-order valence-corrected chi connectivity index (χ4v) is 1.71. The Morgan fingerprint density at radius 2 is 2.29 bits per heavy atom. The second kappa shape index (κ2) is 6.09. The van der Waals surface area contributed by atoms with Crippen molar-refractivity contribution in [2.75, 3.05) is 11.9 Å². The molecule has 0 spiro atoms. The molecule has 1 heterocycles. The highest BCUT2D eigenvalue weighted by Crippen LogP contribution is 2.27. The van der Waals surface area contributed by atoms with E-state index >= 15 is 0 Å². The second-order valence-corrected chi connectivity index (χ2v) is 4.13. The van der Waals surface area contributed by atoms with Crippen LogP contribution in [0.25, 0.3) is 0 Å². The minimum atomic E-state index is -0.890. The Hall–Kier alpha value is -2.81. The number of para-hydroxylation sites is 1. The van der Waals surface area contributed by atoms with Crippen LogP contribution >= 0.6 is 0 Å². The molecule has 21 heavy (non-hydrogen) atoms. The topological polar surface area (TPSA) is 116 Å². The van der Waals surface area contributed by atoms with Gasteiger partial charge in [-0.3, -0.25) is 14.9 Å². The van der Waals surface area contributed by atoms with Crippen molar-refractivity contribution in [3.05, 3.63) is 52.3 Å². The van der Waals surface area contributed by atoms with Crippen molar-refractivity contribution in [2.45, 2.75) is 6.54 Å². The van der Waals surface area contributed by atoms with Crippen molar-refractivity contribution in [3.8, 4) is 0 Å². The molecule has 2 aromatic rings. The van der Waals surface area contributed by atoms with Crippen molar-refractivity contribution >= 4 is 17.3 Å². The lowest BCUT2D eigenvalue weighted by molar-refractivity contribution is -0.384. The lowest BCUT2D eigenvalue weighted by atomic mass is 10.2. The molecular weight excluding hydrogens is 281 g/mol. The number of aromatic nitrogens is 2. The average Bonchev–Trinajstić information content (AvgIpc) is 2.90. The Morgan fingerprint density at radius 3 is 2.95 bits per heavy atom. The first-order chi connectivity index (χ1) is 10.0. The molecule has 0 radical (unpaired) electrons. The van der Waals surface area contributed by atoms with Crippen molar-refractivity contribution in [1.82, 2.24) is 9.55 Å². The molecule has 1 amide bonds. The van der Waals surface area contributed by atoms with Gasteiger partial charge in [0.25, 0.3) is 11.6 Å². The molecule has 0 aliphatic carbocycles. The van der Waals surface area contributed by atoms with E-state index in [9.17, 15) is 19.3 Å². The van der Waals surface area contributed by atoms with Gasteiger partial charge in [-0.05, 0) is 6.07 Å². The van der Waals surface area contributed by atoms with Gasteiger partial charge in [-0.15, -0.1) is 0 Å². The lowest BCUT2D eigenvalue weighted by Crippen LogP contribution is -2.15. The van der Waals surface area contributed by atoms with Crippen LogP contribution in [0.5, 0.6) is 0 Å². The Bertz CT molecular complexity index is 685. The molecule has 0 saturated heterocycles. The maximum absolute atomic E-state index is 13.7. The quantitative estimate of drug-likeness (QED) is 0.633. The summed E-state index contributed by atoms with van der Waals surface area (Å²) < 4.78 is 15.2. The van der Waals surface area contributed by atoms with Crippen molar-refractivity contribution < 1.29 is 14.1 Å². The van der Waals surface area contributed by atoms with Gasteiger partial charge in [-0.25, -0.2) is 9.37 Å². The number of carbonyl (C=O) groups excluding carboxylic acids is 1. The lowest BCUT2D eigenvalue weighted by Gasteiger charge is -2.05. The number of carbonyl (C=O) groups is 1. The second-order valence-electron chi connectivity index (χ2n) is 4.13. The first-order valence-electron chi connectivity index (χ1n) is 5.99. The zero-order valence-electron chi connectivity index (χ0n) is 10.8. The summed E-state index contributed by atoms with van der Waals surface area (Å²) in [7, 11) is 0. The summed E-state index contributed by atoms with van der Waals surface area (Å²) in [4.78, 5) is 25.9. The third kappa shape index (κ3) is 3.20. The van der Waals surface area contributed by atoms with E-state index in [-0.39, 0.29) is 5.69 Å². The van der Waals surface area contributed by atoms with Gasteiger partial charge in [0.2, 0.25) is 0 Å². The molecule has 0 atom stereocenters. The molecule has 0 bridgehead atoms. The number of benzene rings is 1. The average molecular weight is 293 g/mol. The minimum absolute atomic E-state index is 0.0148. The first-order valence-corrected chi connectivity index (χ1v) is 5.99. The van der Waals surface area contributed by atoms with Crippen LogP contribution in [-0.2, 0) is 6.54 Å². The SMILES string of the molecule is NCCn1cnc(C(=O)Nc2c(F)cccc2[N+](=O)[O-])c1. The molecule has 0 unspecified atom stereocenters. The largest absolute Gasteiger partial charge is 0.335 e. The summed E-state index contributed by atoms with van der Waals surface area (Å²) in [6.07, 6.45) is 2.83. The number of hydrogen-bond acceptors (Lipinski definition) is 5. The Kier molecular flexibility index (Phi) is 4.24. The summed E-state index contributed by atoms with van der Waals surface area (Å²) in [6.45, 7) is 0.844. The molecule has 8 nitrogen and oxygen atoms in total. The van der Waals surface area contributed by atoms with Gasteiger partial charge in [0.15, 0.2) is 11.5 Å². The number of halogens is 1. The number of imidazole rings is 1. The van der Waals surface area contributed by atoms with Gasteiger partial charge in [-0.2, -0.15) is 0 Å². The van der Waals surface area contributed by atoms with E-state index < -0.39 is 28.0 Å². The summed E-state index contributed by atoms with van der Waals surface area (Å²) in [6, 6.07) is 3.32. The van der Waals surface area contributed by atoms with Crippen LogP contribution < -0.4 is 11.1 Å². The van der Waals surface area contributed by atoms with E-state index in [1.54, 1.807) is 4.57 Å². The van der Waals surface area contributed by atoms with E-state index in [0.717, 1.165) is 12.1 Å². The van der Waals surface area contributed by atoms with E-state index in [0.29, 0.717) is 13.1 Å². The number of hydrogen-bond donors (Lipinski definition) is 2. The number of rotatable bonds is 5. The van der Waals surface area contributed by atoms with Gasteiger partial charge < -0.3 is 15.6 Å². The monoisotopic (exact) mass is 293 g/mol. The van der Waals surface area contributed by atoms with E-state index in [1.165, 1.54) is 18.6 Å². The van der Waals surface area contributed by atoms with Gasteiger partial charge in [0.1, 0.15) is 5.69 Å². The molecule has 1 aromatic heterocycles. The number of nitro groups is 1. The number of anilines is 1.